The van der Waals surface area contributed by atoms with Crippen LogP contribution < -0.4 is 11.1 Å². The van der Waals surface area contributed by atoms with Crippen molar-refractivity contribution in [2.45, 2.75) is 13.5 Å². The third kappa shape index (κ3) is 3.71. The highest BCUT2D eigenvalue weighted by Crippen LogP contribution is 2.21. The Labute approximate surface area is 129 Å². The molecule has 0 bridgehead atoms. The van der Waals surface area contributed by atoms with Crippen molar-refractivity contribution in [3.05, 3.63) is 38.6 Å². The van der Waals surface area contributed by atoms with Gasteiger partial charge < -0.3 is 15.8 Å². The van der Waals surface area contributed by atoms with Gasteiger partial charge in [0.2, 0.25) is 0 Å². The fourth-order valence-corrected chi connectivity index (χ4v) is 2.96. The van der Waals surface area contributed by atoms with Crippen LogP contribution in [-0.2, 0) is 11.3 Å². The maximum atomic E-state index is 11.7. The maximum absolute atomic E-state index is 11.7. The molecule has 5 nitrogen and oxygen atoms in total. The van der Waals surface area contributed by atoms with Gasteiger partial charge in [-0.05, 0) is 35.0 Å². The number of rotatable bonds is 5. The van der Waals surface area contributed by atoms with E-state index in [9.17, 15) is 4.79 Å². The number of esters is 1. The van der Waals surface area contributed by atoms with E-state index in [-0.39, 0.29) is 0 Å². The van der Waals surface area contributed by atoms with Gasteiger partial charge >= 0.3 is 5.97 Å². The zero-order valence-corrected chi connectivity index (χ0v) is 13.3. The number of thiophene rings is 1. The van der Waals surface area contributed by atoms with Gasteiger partial charge in [-0.3, -0.25) is 0 Å². The molecular weight excluding hydrogens is 342 g/mol. The lowest BCUT2D eigenvalue weighted by Gasteiger charge is -2.08. The lowest BCUT2D eigenvalue weighted by molar-refractivity contribution is 0.0527. The fourth-order valence-electron chi connectivity index (χ4n) is 1.57. The van der Waals surface area contributed by atoms with Gasteiger partial charge in [-0.2, -0.15) is 0 Å². The summed E-state index contributed by atoms with van der Waals surface area (Å²) in [5.41, 5.74) is 6.38. The Hall–Kier alpha value is -1.60. The number of hydrogen-bond donors (Lipinski definition) is 2. The van der Waals surface area contributed by atoms with Crippen molar-refractivity contribution in [3.8, 4) is 0 Å². The third-order valence-electron chi connectivity index (χ3n) is 2.50. The summed E-state index contributed by atoms with van der Waals surface area (Å²) in [6.07, 6.45) is 1.46. The molecule has 0 fully saturated rings. The Bertz CT molecular complexity index is 615. The maximum Gasteiger partial charge on any atom is 0.340 e. The molecule has 0 atom stereocenters. The standard InChI is InChI=1S/C13H14BrN3O2S/c1-2-19-13(18)10-4-12(17-6-11(10)15)16-5-9-3-8(14)7-20-9/h3-4,6-7H,2,5,15H2,1H3,(H,16,17). The van der Waals surface area contributed by atoms with Crippen molar-refractivity contribution in [1.82, 2.24) is 4.98 Å². The molecule has 3 N–H and O–H groups in total. The summed E-state index contributed by atoms with van der Waals surface area (Å²) in [5.74, 6) is 0.154. The van der Waals surface area contributed by atoms with Gasteiger partial charge in [-0.1, -0.05) is 0 Å². The van der Waals surface area contributed by atoms with E-state index in [4.69, 9.17) is 10.5 Å². The van der Waals surface area contributed by atoms with Gasteiger partial charge in [-0.25, -0.2) is 9.78 Å². The number of hydrogen-bond acceptors (Lipinski definition) is 6. The smallest absolute Gasteiger partial charge is 0.340 e. The molecule has 0 amide bonds. The van der Waals surface area contributed by atoms with E-state index < -0.39 is 5.97 Å². The lowest BCUT2D eigenvalue weighted by atomic mass is 10.2. The zero-order valence-electron chi connectivity index (χ0n) is 10.9. The Morgan fingerprint density at radius 1 is 1.55 bits per heavy atom. The minimum absolute atomic E-state index is 0.312. The Balaban J connectivity index is 2.08. The molecule has 0 spiro atoms. The quantitative estimate of drug-likeness (QED) is 0.804. The minimum Gasteiger partial charge on any atom is -0.462 e. The molecule has 0 aromatic carbocycles. The third-order valence-corrected chi connectivity index (χ3v) is 4.19. The first-order valence-corrected chi connectivity index (χ1v) is 7.67. The summed E-state index contributed by atoms with van der Waals surface area (Å²) in [6.45, 7) is 2.70. The molecule has 0 saturated heterocycles. The number of nitrogens with zero attached hydrogens (tertiary/aromatic N) is 1. The normalized spacial score (nSPS) is 10.3. The highest BCUT2D eigenvalue weighted by atomic mass is 79.9. The second-order valence-corrected chi connectivity index (χ2v) is 5.87. The van der Waals surface area contributed by atoms with Crippen LogP contribution >= 0.6 is 27.3 Å². The summed E-state index contributed by atoms with van der Waals surface area (Å²) < 4.78 is 6.00. The van der Waals surface area contributed by atoms with Gasteiger partial charge in [0.15, 0.2) is 0 Å². The van der Waals surface area contributed by atoms with E-state index in [1.807, 2.05) is 11.4 Å². The highest BCUT2D eigenvalue weighted by Gasteiger charge is 2.12. The number of halogens is 1. The predicted molar refractivity (Wildman–Crippen MR) is 84.0 cm³/mol. The van der Waals surface area contributed by atoms with Gasteiger partial charge in [0.1, 0.15) is 5.82 Å². The number of nitrogens with one attached hydrogen (secondary N) is 1. The van der Waals surface area contributed by atoms with Crippen LogP contribution in [-0.4, -0.2) is 17.6 Å². The number of nitrogen functional groups attached to an aromatic ring is 1. The summed E-state index contributed by atoms with van der Waals surface area (Å²) in [5, 5.41) is 5.17. The molecule has 0 unspecified atom stereocenters. The summed E-state index contributed by atoms with van der Waals surface area (Å²) in [4.78, 5) is 17.0. The topological polar surface area (TPSA) is 77.2 Å². The second-order valence-electron chi connectivity index (χ2n) is 3.96. The van der Waals surface area contributed by atoms with Crippen LogP contribution in [0.15, 0.2) is 28.2 Å². The van der Waals surface area contributed by atoms with Crippen molar-refractivity contribution >= 4 is 44.7 Å². The molecule has 2 aromatic rings. The second kappa shape index (κ2) is 6.71. The van der Waals surface area contributed by atoms with Crippen LogP contribution in [0.25, 0.3) is 0 Å². The van der Waals surface area contributed by atoms with E-state index >= 15 is 0 Å². The van der Waals surface area contributed by atoms with Crippen LogP contribution in [0.5, 0.6) is 0 Å². The Morgan fingerprint density at radius 2 is 2.35 bits per heavy atom. The minimum atomic E-state index is -0.436. The molecule has 0 aliphatic rings. The molecule has 2 rings (SSSR count). The van der Waals surface area contributed by atoms with Crippen molar-refractivity contribution in [2.75, 3.05) is 17.7 Å². The SMILES string of the molecule is CCOC(=O)c1cc(NCc2cc(Br)cs2)ncc1N. The summed E-state index contributed by atoms with van der Waals surface area (Å²) in [7, 11) is 0. The predicted octanol–water partition coefficient (Wildman–Crippen LogP) is 3.28. The van der Waals surface area contributed by atoms with Gasteiger partial charge in [0.05, 0.1) is 30.6 Å². The van der Waals surface area contributed by atoms with Crippen molar-refractivity contribution in [1.29, 1.82) is 0 Å². The first-order chi connectivity index (χ1) is 9.60. The molecular formula is C13H14BrN3O2S. The molecule has 2 aromatic heterocycles. The number of nitrogens with two attached hydrogens (primary N) is 1. The average molecular weight is 356 g/mol. The number of pyridine rings is 1. The zero-order chi connectivity index (χ0) is 14.5. The van der Waals surface area contributed by atoms with Crippen molar-refractivity contribution in [3.63, 3.8) is 0 Å². The Kier molecular flexibility index (Phi) is 4.97. The largest absolute Gasteiger partial charge is 0.462 e. The molecule has 20 heavy (non-hydrogen) atoms. The van der Waals surface area contributed by atoms with Crippen LogP contribution in [0.2, 0.25) is 0 Å². The molecule has 106 valence electrons. The lowest BCUT2D eigenvalue weighted by Crippen LogP contribution is -2.10. The number of carbonyl (C=O) groups excluding carboxylic acids is 1. The number of ether oxygens (including phenoxy) is 1. The van der Waals surface area contributed by atoms with Crippen LogP contribution in [0.1, 0.15) is 22.2 Å². The van der Waals surface area contributed by atoms with E-state index in [1.54, 1.807) is 24.3 Å². The number of aromatic nitrogens is 1. The van der Waals surface area contributed by atoms with E-state index in [1.165, 1.54) is 6.20 Å². The van der Waals surface area contributed by atoms with E-state index in [0.717, 1.165) is 9.35 Å². The first-order valence-electron chi connectivity index (χ1n) is 5.99. The van der Waals surface area contributed by atoms with Crippen LogP contribution in [0, 0.1) is 0 Å². The van der Waals surface area contributed by atoms with Crippen molar-refractivity contribution < 1.29 is 9.53 Å². The molecule has 7 heteroatoms. The summed E-state index contributed by atoms with van der Waals surface area (Å²) in [6, 6.07) is 3.64. The number of carbonyl (C=O) groups is 1. The number of anilines is 2. The molecule has 2 heterocycles. The molecule has 0 saturated carbocycles. The van der Waals surface area contributed by atoms with Gasteiger partial charge in [-0.15, -0.1) is 11.3 Å². The highest BCUT2D eigenvalue weighted by molar-refractivity contribution is 9.10. The first kappa shape index (κ1) is 14.8. The van der Waals surface area contributed by atoms with Gasteiger partial charge in [0.25, 0.3) is 0 Å². The van der Waals surface area contributed by atoms with Gasteiger partial charge in [0, 0.05) is 14.7 Å². The van der Waals surface area contributed by atoms with Crippen LogP contribution in [0.4, 0.5) is 11.5 Å². The summed E-state index contributed by atoms with van der Waals surface area (Å²) >= 11 is 5.04. The van der Waals surface area contributed by atoms with E-state index in [2.05, 4.69) is 26.2 Å². The average Bonchev–Trinajstić information content (AvgIpc) is 2.84. The molecule has 0 aliphatic heterocycles. The molecule has 0 aliphatic carbocycles. The fraction of sp³-hybridized carbons (Fsp3) is 0.231. The monoisotopic (exact) mass is 355 g/mol. The molecule has 0 radical (unpaired) electrons. The van der Waals surface area contributed by atoms with Crippen LogP contribution in [0.3, 0.4) is 0 Å². The van der Waals surface area contributed by atoms with E-state index in [0.29, 0.717) is 30.2 Å². The Morgan fingerprint density at radius 3 is 3.00 bits per heavy atom. The van der Waals surface area contributed by atoms with Crippen molar-refractivity contribution in [2.24, 2.45) is 0 Å².